The first-order valence-corrected chi connectivity index (χ1v) is 7.90. The molecule has 1 aromatic carbocycles. The van der Waals surface area contributed by atoms with Gasteiger partial charge in [-0.2, -0.15) is 5.10 Å². The number of fused-ring (bicyclic) bond motifs is 2. The van der Waals surface area contributed by atoms with Crippen molar-refractivity contribution in [3.63, 3.8) is 0 Å². The minimum Gasteiger partial charge on any atom is -0.497 e. The van der Waals surface area contributed by atoms with E-state index in [2.05, 4.69) is 11.2 Å². The Morgan fingerprint density at radius 3 is 3.00 bits per heavy atom. The molecule has 0 fully saturated rings. The van der Waals surface area contributed by atoms with Gasteiger partial charge in [0.1, 0.15) is 5.75 Å². The van der Waals surface area contributed by atoms with Gasteiger partial charge in [-0.15, -0.1) is 0 Å². The quantitative estimate of drug-likeness (QED) is 0.849. The Hall–Kier alpha value is -2.50. The van der Waals surface area contributed by atoms with Gasteiger partial charge in [0.2, 0.25) is 5.88 Å². The average molecular weight is 313 g/mol. The molecule has 0 atom stereocenters. The molecule has 0 bridgehead atoms. The van der Waals surface area contributed by atoms with Crippen LogP contribution >= 0.6 is 0 Å². The molecule has 23 heavy (non-hydrogen) atoms. The molecule has 120 valence electrons. The second-order valence-electron chi connectivity index (χ2n) is 5.90. The van der Waals surface area contributed by atoms with Crippen molar-refractivity contribution in [2.45, 2.75) is 25.9 Å². The van der Waals surface area contributed by atoms with Crippen molar-refractivity contribution in [3.8, 4) is 11.6 Å². The van der Waals surface area contributed by atoms with Gasteiger partial charge < -0.3 is 14.4 Å². The number of methoxy groups -OCH3 is 1. The monoisotopic (exact) mass is 313 g/mol. The van der Waals surface area contributed by atoms with Gasteiger partial charge in [-0.3, -0.25) is 4.79 Å². The number of amides is 1. The molecule has 4 rings (SSSR count). The zero-order valence-corrected chi connectivity index (χ0v) is 13.1. The number of benzene rings is 1. The normalized spacial score (nSPS) is 16.3. The Labute approximate surface area is 134 Å². The van der Waals surface area contributed by atoms with Crippen LogP contribution in [0.4, 0.5) is 0 Å². The lowest BCUT2D eigenvalue weighted by atomic mass is 9.99. The minimum absolute atomic E-state index is 0.0306. The van der Waals surface area contributed by atoms with Gasteiger partial charge in [-0.1, -0.05) is 6.07 Å². The van der Waals surface area contributed by atoms with Gasteiger partial charge in [0.05, 0.1) is 13.7 Å². The molecule has 0 spiro atoms. The van der Waals surface area contributed by atoms with Crippen molar-refractivity contribution in [3.05, 3.63) is 41.1 Å². The highest BCUT2D eigenvalue weighted by Crippen LogP contribution is 2.25. The van der Waals surface area contributed by atoms with Crippen LogP contribution in [-0.2, 0) is 19.5 Å². The number of aryl methyl sites for hydroxylation is 1. The van der Waals surface area contributed by atoms with E-state index in [0.717, 1.165) is 25.1 Å². The summed E-state index contributed by atoms with van der Waals surface area (Å²) >= 11 is 0. The standard InChI is InChI=1S/C17H19N3O3/c1-22-14-4-3-13-11-19(7-5-12(13)9-14)17(21)15-10-16-20(18-15)6-2-8-23-16/h3-4,9-10H,2,5-8,11H2,1H3. The molecular weight excluding hydrogens is 294 g/mol. The van der Waals surface area contributed by atoms with E-state index in [1.165, 1.54) is 11.1 Å². The van der Waals surface area contributed by atoms with Gasteiger partial charge in [-0.25, -0.2) is 4.68 Å². The minimum atomic E-state index is -0.0306. The highest BCUT2D eigenvalue weighted by atomic mass is 16.5. The van der Waals surface area contributed by atoms with Crippen LogP contribution in [0.3, 0.4) is 0 Å². The number of carbonyl (C=O) groups excluding carboxylic acids is 1. The Balaban J connectivity index is 1.54. The lowest BCUT2D eigenvalue weighted by Crippen LogP contribution is -2.36. The fourth-order valence-corrected chi connectivity index (χ4v) is 3.16. The van der Waals surface area contributed by atoms with E-state index in [0.29, 0.717) is 31.3 Å². The molecule has 6 nitrogen and oxygen atoms in total. The third-order valence-electron chi connectivity index (χ3n) is 4.44. The number of hydrogen-bond acceptors (Lipinski definition) is 4. The highest BCUT2D eigenvalue weighted by molar-refractivity contribution is 5.92. The number of ether oxygens (including phenoxy) is 2. The Morgan fingerprint density at radius 1 is 1.26 bits per heavy atom. The number of nitrogens with zero attached hydrogens (tertiary/aromatic N) is 3. The average Bonchev–Trinajstić information content (AvgIpc) is 3.04. The largest absolute Gasteiger partial charge is 0.497 e. The Kier molecular flexibility index (Phi) is 3.44. The molecule has 0 aliphatic carbocycles. The van der Waals surface area contributed by atoms with Gasteiger partial charge in [-0.05, 0) is 29.7 Å². The third-order valence-corrected chi connectivity index (χ3v) is 4.44. The summed E-state index contributed by atoms with van der Waals surface area (Å²) in [6.07, 6.45) is 1.77. The van der Waals surface area contributed by atoms with Crippen LogP contribution in [0.15, 0.2) is 24.3 Å². The van der Waals surface area contributed by atoms with Gasteiger partial charge >= 0.3 is 0 Å². The fourth-order valence-electron chi connectivity index (χ4n) is 3.16. The van der Waals surface area contributed by atoms with Crippen LogP contribution in [0.5, 0.6) is 11.6 Å². The second kappa shape index (κ2) is 5.61. The predicted molar refractivity (Wildman–Crippen MR) is 83.8 cm³/mol. The molecule has 6 heteroatoms. The summed E-state index contributed by atoms with van der Waals surface area (Å²) in [5.41, 5.74) is 2.89. The summed E-state index contributed by atoms with van der Waals surface area (Å²) in [6.45, 7) is 2.81. The van der Waals surface area contributed by atoms with E-state index < -0.39 is 0 Å². The molecule has 1 aromatic heterocycles. The van der Waals surface area contributed by atoms with Crippen molar-refractivity contribution in [2.24, 2.45) is 0 Å². The number of carbonyl (C=O) groups is 1. The zero-order valence-electron chi connectivity index (χ0n) is 13.1. The first-order valence-electron chi connectivity index (χ1n) is 7.90. The van der Waals surface area contributed by atoms with Crippen molar-refractivity contribution in [2.75, 3.05) is 20.3 Å². The highest BCUT2D eigenvalue weighted by Gasteiger charge is 2.25. The molecule has 0 N–H and O–H groups in total. The maximum Gasteiger partial charge on any atom is 0.274 e. The first kappa shape index (κ1) is 14.1. The maximum absolute atomic E-state index is 12.7. The van der Waals surface area contributed by atoms with Gasteiger partial charge in [0.15, 0.2) is 5.69 Å². The van der Waals surface area contributed by atoms with Crippen molar-refractivity contribution >= 4 is 5.91 Å². The number of rotatable bonds is 2. The van der Waals surface area contributed by atoms with Crippen molar-refractivity contribution in [1.82, 2.24) is 14.7 Å². The Bertz CT molecular complexity index is 730. The molecule has 1 amide bonds. The molecule has 0 saturated heterocycles. The topological polar surface area (TPSA) is 56.6 Å². The van der Waals surface area contributed by atoms with Crippen molar-refractivity contribution in [1.29, 1.82) is 0 Å². The first-order chi connectivity index (χ1) is 11.2. The third kappa shape index (κ3) is 2.54. The van der Waals surface area contributed by atoms with E-state index in [1.807, 2.05) is 17.0 Å². The molecule has 0 saturated carbocycles. The summed E-state index contributed by atoms with van der Waals surface area (Å²) in [7, 11) is 1.67. The smallest absolute Gasteiger partial charge is 0.274 e. The van der Waals surface area contributed by atoms with E-state index >= 15 is 0 Å². The number of hydrogen-bond donors (Lipinski definition) is 0. The SMILES string of the molecule is COc1ccc2c(c1)CCN(C(=O)c1cc3n(n1)CCCO3)C2. The summed E-state index contributed by atoms with van der Waals surface area (Å²) < 4.78 is 12.6. The van der Waals surface area contributed by atoms with Gasteiger partial charge in [0.25, 0.3) is 5.91 Å². The van der Waals surface area contributed by atoms with Gasteiger partial charge in [0, 0.05) is 32.1 Å². The number of aromatic nitrogens is 2. The predicted octanol–water partition coefficient (Wildman–Crippen LogP) is 1.87. The van der Waals surface area contributed by atoms with E-state index in [9.17, 15) is 4.79 Å². The molecule has 2 aliphatic heterocycles. The molecule has 2 aliphatic rings. The van der Waals surface area contributed by atoms with E-state index in [1.54, 1.807) is 17.9 Å². The van der Waals surface area contributed by atoms with Crippen LogP contribution < -0.4 is 9.47 Å². The van der Waals surface area contributed by atoms with E-state index in [4.69, 9.17) is 9.47 Å². The lowest BCUT2D eigenvalue weighted by molar-refractivity contribution is 0.0727. The summed E-state index contributed by atoms with van der Waals surface area (Å²) in [6, 6.07) is 7.79. The van der Waals surface area contributed by atoms with E-state index in [-0.39, 0.29) is 5.91 Å². The van der Waals surface area contributed by atoms with Crippen LogP contribution in [-0.4, -0.2) is 40.8 Å². The molecule has 2 aromatic rings. The molecule has 3 heterocycles. The fraction of sp³-hybridized carbons (Fsp3) is 0.412. The Morgan fingerprint density at radius 2 is 2.17 bits per heavy atom. The zero-order chi connectivity index (χ0) is 15.8. The lowest BCUT2D eigenvalue weighted by Gasteiger charge is -2.28. The molecule has 0 radical (unpaired) electrons. The van der Waals surface area contributed by atoms with Crippen molar-refractivity contribution < 1.29 is 14.3 Å². The second-order valence-corrected chi connectivity index (χ2v) is 5.90. The van der Waals surface area contributed by atoms with Crippen LogP contribution in [0.2, 0.25) is 0 Å². The van der Waals surface area contributed by atoms with Crippen LogP contribution in [0.25, 0.3) is 0 Å². The summed E-state index contributed by atoms with van der Waals surface area (Å²) in [4.78, 5) is 14.6. The summed E-state index contributed by atoms with van der Waals surface area (Å²) in [5.74, 6) is 1.53. The maximum atomic E-state index is 12.7. The van der Waals surface area contributed by atoms with Crippen LogP contribution in [0, 0.1) is 0 Å². The summed E-state index contributed by atoms with van der Waals surface area (Å²) in [5, 5.41) is 4.39. The van der Waals surface area contributed by atoms with Crippen LogP contribution in [0.1, 0.15) is 28.0 Å². The molecular formula is C17H19N3O3. The molecule has 0 unspecified atom stereocenters.